The topological polar surface area (TPSA) is 199 Å². The summed E-state index contributed by atoms with van der Waals surface area (Å²) in [6.07, 6.45) is 0.0573. The maximum absolute atomic E-state index is 12.8. The molecule has 0 aromatic heterocycles. The van der Waals surface area contributed by atoms with E-state index in [9.17, 15) is 29.8 Å². The van der Waals surface area contributed by atoms with Crippen LogP contribution in [0.1, 0.15) is 12.8 Å². The van der Waals surface area contributed by atoms with E-state index in [1.807, 2.05) is 12.1 Å². The zero-order valence-electron chi connectivity index (χ0n) is 19.0. The third-order valence-electron chi connectivity index (χ3n) is 4.86. The zero-order valence-corrected chi connectivity index (χ0v) is 19.0. The molecule has 14 nitrogen and oxygen atoms in total. The Morgan fingerprint density at radius 2 is 1.03 bits per heavy atom. The van der Waals surface area contributed by atoms with Crippen LogP contribution in [-0.2, 0) is 0 Å². The molecule has 0 aliphatic rings. The van der Waals surface area contributed by atoms with Gasteiger partial charge in [-0.1, -0.05) is 0 Å². The van der Waals surface area contributed by atoms with Crippen LogP contribution in [0.2, 0.25) is 0 Å². The van der Waals surface area contributed by atoms with Crippen LogP contribution < -0.4 is 10.6 Å². The van der Waals surface area contributed by atoms with Crippen LogP contribution in [0.4, 0.5) is 32.3 Å². The van der Waals surface area contributed by atoms with E-state index >= 15 is 0 Å². The number of anilines is 2. The number of benzene rings is 2. The fourth-order valence-corrected chi connectivity index (χ4v) is 2.98. The van der Waals surface area contributed by atoms with Gasteiger partial charge in [0.15, 0.2) is 0 Å². The van der Waals surface area contributed by atoms with E-state index in [1.54, 1.807) is 0 Å². The van der Waals surface area contributed by atoms with Gasteiger partial charge in [0.25, 0.3) is 11.4 Å². The van der Waals surface area contributed by atoms with Crippen LogP contribution in [-0.4, -0.2) is 57.9 Å². The van der Waals surface area contributed by atoms with Crippen LogP contribution >= 0.6 is 0 Å². The Labute approximate surface area is 205 Å². The highest BCUT2D eigenvalue weighted by Crippen LogP contribution is 2.17. The van der Waals surface area contributed by atoms with Gasteiger partial charge in [-0.05, 0) is 24.3 Å². The summed E-state index contributed by atoms with van der Waals surface area (Å²) >= 11 is 0. The molecule has 14 heteroatoms. The van der Waals surface area contributed by atoms with Gasteiger partial charge in [-0.3, -0.25) is 20.2 Å². The van der Waals surface area contributed by atoms with Crippen molar-refractivity contribution < 1.29 is 19.4 Å². The molecule has 2 rings (SSSR count). The number of urea groups is 2. The summed E-state index contributed by atoms with van der Waals surface area (Å²) in [6, 6.07) is 13.2. The third-order valence-corrected chi connectivity index (χ3v) is 4.86. The minimum atomic E-state index is -0.574. The first-order valence-corrected chi connectivity index (χ1v) is 10.6. The summed E-state index contributed by atoms with van der Waals surface area (Å²) in [6.45, 7) is 0.177. The molecule has 0 saturated carbocycles. The molecule has 0 spiro atoms. The standard InChI is InChI=1S/C22H22N8O6/c23-11-1-13-27(21(31)25-17-3-7-19(8-4-17)29(33)34)15-16-28(14-2-12-24)22(32)26-18-5-9-20(10-6-18)30(35)36/h3-10H,1-2,13-16H2,(H,25,31)(H,26,32). The van der Waals surface area contributed by atoms with E-state index in [0.29, 0.717) is 11.4 Å². The monoisotopic (exact) mass is 494 g/mol. The van der Waals surface area contributed by atoms with Crippen molar-refractivity contribution in [2.45, 2.75) is 12.8 Å². The molecule has 2 aromatic carbocycles. The van der Waals surface area contributed by atoms with Crippen molar-refractivity contribution in [2.24, 2.45) is 0 Å². The second-order valence-corrected chi connectivity index (χ2v) is 7.26. The Kier molecular flexibility index (Phi) is 10.1. The largest absolute Gasteiger partial charge is 0.322 e. The Hall–Kier alpha value is -5.24. The van der Waals surface area contributed by atoms with Gasteiger partial charge in [-0.15, -0.1) is 0 Å². The van der Waals surface area contributed by atoms with Crippen LogP contribution in [0.3, 0.4) is 0 Å². The molecule has 0 heterocycles. The highest BCUT2D eigenvalue weighted by Gasteiger charge is 2.19. The lowest BCUT2D eigenvalue weighted by Crippen LogP contribution is -2.44. The number of rotatable bonds is 11. The minimum absolute atomic E-state index is 0.0274. The number of hydrogen-bond donors (Lipinski definition) is 2. The average molecular weight is 494 g/mol. The lowest BCUT2D eigenvalue weighted by Gasteiger charge is -2.27. The van der Waals surface area contributed by atoms with Gasteiger partial charge in [-0.2, -0.15) is 10.5 Å². The van der Waals surface area contributed by atoms with Crippen LogP contribution in [0.15, 0.2) is 48.5 Å². The van der Waals surface area contributed by atoms with Crippen molar-refractivity contribution in [2.75, 3.05) is 36.8 Å². The summed E-state index contributed by atoms with van der Waals surface area (Å²) in [5.74, 6) is 0. The molecule has 0 atom stereocenters. The second-order valence-electron chi connectivity index (χ2n) is 7.26. The third kappa shape index (κ3) is 8.27. The van der Waals surface area contributed by atoms with Crippen molar-refractivity contribution in [1.29, 1.82) is 10.5 Å². The van der Waals surface area contributed by atoms with Crippen molar-refractivity contribution in [3.63, 3.8) is 0 Å². The Morgan fingerprint density at radius 3 is 1.31 bits per heavy atom. The molecule has 4 amide bonds. The quantitative estimate of drug-likeness (QED) is 0.348. The number of nitriles is 2. The molecule has 0 unspecified atom stereocenters. The smallest absolute Gasteiger partial charge is 0.321 e. The summed E-state index contributed by atoms with van der Waals surface area (Å²) < 4.78 is 0. The Morgan fingerprint density at radius 1 is 0.694 bits per heavy atom. The Balaban J connectivity index is 2.06. The van der Waals surface area contributed by atoms with Crippen LogP contribution in [0.5, 0.6) is 0 Å². The minimum Gasteiger partial charge on any atom is -0.322 e. The second kappa shape index (κ2) is 13.5. The SMILES string of the molecule is N#CCCN(CCN(CCC#N)C(=O)Nc1ccc([N+](=O)[O-])cc1)C(=O)Nc1ccc([N+](=O)[O-])cc1. The molecular formula is C22H22N8O6. The van der Waals surface area contributed by atoms with Gasteiger partial charge in [-0.25, -0.2) is 9.59 Å². The lowest BCUT2D eigenvalue weighted by atomic mass is 10.3. The number of carbonyl (C=O) groups excluding carboxylic acids is 2. The highest BCUT2D eigenvalue weighted by molar-refractivity contribution is 5.90. The fourth-order valence-electron chi connectivity index (χ4n) is 2.98. The summed E-state index contributed by atoms with van der Waals surface area (Å²) in [5, 5.41) is 44.7. The van der Waals surface area contributed by atoms with Crippen molar-refractivity contribution >= 4 is 34.8 Å². The average Bonchev–Trinajstić information content (AvgIpc) is 2.86. The highest BCUT2D eigenvalue weighted by atomic mass is 16.6. The predicted molar refractivity (Wildman–Crippen MR) is 128 cm³/mol. The van der Waals surface area contributed by atoms with Crippen LogP contribution in [0.25, 0.3) is 0 Å². The summed E-state index contributed by atoms with van der Waals surface area (Å²) in [7, 11) is 0. The van der Waals surface area contributed by atoms with E-state index < -0.39 is 21.9 Å². The molecule has 0 radical (unpaired) electrons. The first-order chi connectivity index (χ1) is 17.2. The predicted octanol–water partition coefficient (Wildman–Crippen LogP) is 3.70. The number of nitro benzene ring substituents is 2. The van der Waals surface area contributed by atoms with E-state index in [0.717, 1.165) is 0 Å². The number of nitrogens with zero attached hydrogens (tertiary/aromatic N) is 6. The first-order valence-electron chi connectivity index (χ1n) is 10.6. The van der Waals surface area contributed by atoms with E-state index in [1.165, 1.54) is 58.3 Å². The maximum Gasteiger partial charge on any atom is 0.321 e. The van der Waals surface area contributed by atoms with Gasteiger partial charge >= 0.3 is 12.1 Å². The number of hydrogen-bond acceptors (Lipinski definition) is 8. The van der Waals surface area contributed by atoms with Gasteiger partial charge in [0.2, 0.25) is 0 Å². The molecule has 2 aromatic rings. The van der Waals surface area contributed by atoms with E-state index in [-0.39, 0.29) is 50.4 Å². The number of amides is 4. The molecule has 36 heavy (non-hydrogen) atoms. The van der Waals surface area contributed by atoms with Crippen molar-refractivity contribution in [3.8, 4) is 12.1 Å². The fraction of sp³-hybridized carbons (Fsp3) is 0.273. The summed E-state index contributed by atoms with van der Waals surface area (Å²) in [4.78, 5) is 48.6. The van der Waals surface area contributed by atoms with Crippen LogP contribution in [0, 0.1) is 42.9 Å². The van der Waals surface area contributed by atoms with Gasteiger partial charge in [0.05, 0.1) is 34.8 Å². The molecule has 0 bridgehead atoms. The molecule has 0 aliphatic heterocycles. The van der Waals surface area contributed by atoms with Crippen molar-refractivity contribution in [3.05, 3.63) is 68.8 Å². The molecule has 0 saturated heterocycles. The number of carbonyl (C=O) groups is 2. The summed E-state index contributed by atoms with van der Waals surface area (Å²) in [5.41, 5.74) is 0.345. The number of non-ortho nitro benzene ring substituents is 2. The molecule has 2 N–H and O–H groups in total. The molecule has 0 fully saturated rings. The van der Waals surface area contributed by atoms with Gasteiger partial charge in [0, 0.05) is 61.8 Å². The maximum atomic E-state index is 12.8. The normalized spacial score (nSPS) is 9.83. The Bertz CT molecular complexity index is 1080. The van der Waals surface area contributed by atoms with E-state index in [2.05, 4.69) is 10.6 Å². The van der Waals surface area contributed by atoms with Crippen molar-refractivity contribution in [1.82, 2.24) is 9.80 Å². The molecule has 0 aliphatic carbocycles. The number of nitro groups is 2. The molecular weight excluding hydrogens is 472 g/mol. The zero-order chi connectivity index (χ0) is 26.5. The van der Waals surface area contributed by atoms with E-state index in [4.69, 9.17) is 10.5 Å². The molecule has 186 valence electrons. The van der Waals surface area contributed by atoms with Gasteiger partial charge < -0.3 is 20.4 Å². The van der Waals surface area contributed by atoms with Gasteiger partial charge in [0.1, 0.15) is 0 Å². The number of nitrogens with one attached hydrogen (secondary N) is 2. The first kappa shape index (κ1) is 27.0. The lowest BCUT2D eigenvalue weighted by molar-refractivity contribution is -0.385.